The lowest BCUT2D eigenvalue weighted by atomic mass is 10.2. The molecule has 1 aliphatic rings. The Balaban J connectivity index is 2.73. The van der Waals surface area contributed by atoms with Crippen LogP contribution in [0.1, 0.15) is 6.92 Å². The lowest BCUT2D eigenvalue weighted by Gasteiger charge is -2.05. The molecule has 1 atom stereocenters. The van der Waals surface area contributed by atoms with E-state index in [-0.39, 0.29) is 23.3 Å². The second kappa shape index (κ2) is 4.77. The number of nitrogens with zero attached hydrogens (tertiary/aromatic N) is 2. The van der Waals surface area contributed by atoms with Gasteiger partial charge in [-0.25, -0.2) is 4.99 Å². The van der Waals surface area contributed by atoms with Crippen molar-refractivity contribution in [1.82, 2.24) is 0 Å². The van der Waals surface area contributed by atoms with Crippen molar-refractivity contribution in [3.63, 3.8) is 0 Å². The maximum Gasteiger partial charge on any atom is 0.330 e. The SMILES string of the molecule is CCOC(=O)C(C#N)C1=NC(=O)CS1. The van der Waals surface area contributed by atoms with Crippen LogP contribution in [0.3, 0.4) is 0 Å². The maximum atomic E-state index is 11.2. The van der Waals surface area contributed by atoms with Crippen LogP contribution in [0.2, 0.25) is 0 Å². The summed E-state index contributed by atoms with van der Waals surface area (Å²) >= 11 is 1.11. The molecule has 1 amide bonds. The van der Waals surface area contributed by atoms with Crippen molar-refractivity contribution in [1.29, 1.82) is 5.26 Å². The molecular weight excluding hydrogens is 204 g/mol. The molecule has 74 valence electrons. The molecule has 0 radical (unpaired) electrons. The molecule has 6 heteroatoms. The molecule has 0 N–H and O–H groups in total. The van der Waals surface area contributed by atoms with E-state index in [4.69, 9.17) is 5.26 Å². The van der Waals surface area contributed by atoms with E-state index in [0.717, 1.165) is 11.8 Å². The summed E-state index contributed by atoms with van der Waals surface area (Å²) in [5.41, 5.74) is 0. The number of rotatable bonds is 3. The van der Waals surface area contributed by atoms with Crippen LogP contribution in [0.15, 0.2) is 4.99 Å². The van der Waals surface area contributed by atoms with Crippen molar-refractivity contribution in [3.8, 4) is 6.07 Å². The molecular formula is C8H8N2O3S. The van der Waals surface area contributed by atoms with Crippen molar-refractivity contribution in [2.75, 3.05) is 12.4 Å². The van der Waals surface area contributed by atoms with E-state index in [1.165, 1.54) is 0 Å². The number of ether oxygens (including phenoxy) is 1. The summed E-state index contributed by atoms with van der Waals surface area (Å²) in [6.07, 6.45) is 0. The van der Waals surface area contributed by atoms with Gasteiger partial charge in [-0.3, -0.25) is 9.59 Å². The second-order valence-electron chi connectivity index (χ2n) is 2.45. The minimum absolute atomic E-state index is 0.201. The van der Waals surface area contributed by atoms with E-state index in [2.05, 4.69) is 9.73 Å². The number of carbonyl (C=O) groups excluding carboxylic acids is 2. The molecule has 0 aromatic heterocycles. The largest absolute Gasteiger partial charge is 0.465 e. The van der Waals surface area contributed by atoms with Crippen LogP contribution in [-0.4, -0.2) is 29.3 Å². The predicted octanol–water partition coefficient (Wildman–Crippen LogP) is 0.361. The van der Waals surface area contributed by atoms with Gasteiger partial charge in [-0.15, -0.1) is 0 Å². The van der Waals surface area contributed by atoms with Gasteiger partial charge in [0.2, 0.25) is 0 Å². The summed E-state index contributed by atoms with van der Waals surface area (Å²) in [7, 11) is 0. The Bertz CT molecular complexity index is 332. The van der Waals surface area contributed by atoms with Crippen molar-refractivity contribution < 1.29 is 14.3 Å². The van der Waals surface area contributed by atoms with Crippen molar-refractivity contribution in [2.24, 2.45) is 10.9 Å². The lowest BCUT2D eigenvalue weighted by molar-refractivity contribution is -0.143. The molecule has 0 aromatic carbocycles. The van der Waals surface area contributed by atoms with Crippen LogP contribution >= 0.6 is 11.8 Å². The second-order valence-corrected chi connectivity index (χ2v) is 3.44. The summed E-state index contributed by atoms with van der Waals surface area (Å²) in [6.45, 7) is 1.87. The van der Waals surface area contributed by atoms with E-state index in [9.17, 15) is 9.59 Å². The molecule has 1 heterocycles. The van der Waals surface area contributed by atoms with E-state index >= 15 is 0 Å². The first-order chi connectivity index (χ1) is 6.69. The number of esters is 1. The fraction of sp³-hybridized carbons (Fsp3) is 0.500. The number of aliphatic imine (C=N–C) groups is 1. The summed E-state index contributed by atoms with van der Waals surface area (Å²) in [4.78, 5) is 25.6. The monoisotopic (exact) mass is 212 g/mol. The zero-order chi connectivity index (χ0) is 10.6. The minimum Gasteiger partial charge on any atom is -0.465 e. The summed E-state index contributed by atoms with van der Waals surface area (Å²) < 4.78 is 4.68. The Morgan fingerprint density at radius 1 is 1.86 bits per heavy atom. The first kappa shape index (κ1) is 10.7. The van der Waals surface area contributed by atoms with Crippen LogP contribution in [0.25, 0.3) is 0 Å². The molecule has 5 nitrogen and oxygen atoms in total. The molecule has 1 aliphatic heterocycles. The molecule has 0 spiro atoms. The summed E-state index contributed by atoms with van der Waals surface area (Å²) in [6, 6.07) is 1.77. The Morgan fingerprint density at radius 2 is 2.57 bits per heavy atom. The van der Waals surface area contributed by atoms with Crippen LogP contribution in [0.5, 0.6) is 0 Å². The molecule has 0 fully saturated rings. The zero-order valence-electron chi connectivity index (χ0n) is 7.52. The van der Waals surface area contributed by atoms with Gasteiger partial charge < -0.3 is 4.74 Å². The number of hydrogen-bond acceptors (Lipinski definition) is 5. The Hall–Kier alpha value is -1.35. The Kier molecular flexibility index (Phi) is 3.65. The number of carbonyl (C=O) groups is 2. The van der Waals surface area contributed by atoms with E-state index in [1.54, 1.807) is 13.0 Å². The minimum atomic E-state index is -1.05. The molecule has 0 saturated heterocycles. The fourth-order valence-corrected chi connectivity index (χ4v) is 1.72. The van der Waals surface area contributed by atoms with Gasteiger partial charge in [0.1, 0.15) is 5.04 Å². The topological polar surface area (TPSA) is 79.5 Å². The van der Waals surface area contributed by atoms with Crippen LogP contribution in [-0.2, 0) is 14.3 Å². The van der Waals surface area contributed by atoms with Crippen LogP contribution < -0.4 is 0 Å². The Labute approximate surface area is 85.1 Å². The van der Waals surface area contributed by atoms with Crippen molar-refractivity contribution >= 4 is 28.7 Å². The molecule has 0 saturated carbocycles. The standard InChI is InChI=1S/C8H8N2O3S/c1-2-13-8(12)5(3-9)7-10-6(11)4-14-7/h5H,2,4H2,1H3. The van der Waals surface area contributed by atoms with E-state index in [1.807, 2.05) is 0 Å². The molecule has 0 aliphatic carbocycles. The van der Waals surface area contributed by atoms with Crippen LogP contribution in [0.4, 0.5) is 0 Å². The zero-order valence-corrected chi connectivity index (χ0v) is 8.34. The van der Waals surface area contributed by atoms with Gasteiger partial charge in [0.15, 0.2) is 5.92 Å². The van der Waals surface area contributed by atoms with Crippen LogP contribution in [0, 0.1) is 17.2 Å². The fourth-order valence-electron chi connectivity index (χ4n) is 0.905. The highest BCUT2D eigenvalue weighted by Crippen LogP contribution is 2.20. The summed E-state index contributed by atoms with van der Waals surface area (Å²) in [5.74, 6) is -1.80. The number of hydrogen-bond donors (Lipinski definition) is 0. The average Bonchev–Trinajstić information content (AvgIpc) is 2.54. The third-order valence-corrected chi connectivity index (χ3v) is 2.49. The van der Waals surface area contributed by atoms with E-state index < -0.39 is 11.9 Å². The molecule has 1 rings (SSSR count). The first-order valence-electron chi connectivity index (χ1n) is 3.99. The Morgan fingerprint density at radius 3 is 3.00 bits per heavy atom. The van der Waals surface area contributed by atoms with Gasteiger partial charge in [-0.05, 0) is 6.92 Å². The number of amides is 1. The van der Waals surface area contributed by atoms with Crippen molar-refractivity contribution in [3.05, 3.63) is 0 Å². The third-order valence-electron chi connectivity index (χ3n) is 1.48. The highest BCUT2D eigenvalue weighted by atomic mass is 32.2. The molecule has 14 heavy (non-hydrogen) atoms. The normalized spacial score (nSPS) is 17.1. The smallest absolute Gasteiger partial charge is 0.330 e. The quantitative estimate of drug-likeness (QED) is 0.631. The van der Waals surface area contributed by atoms with Gasteiger partial charge in [0, 0.05) is 0 Å². The highest BCUT2D eigenvalue weighted by molar-refractivity contribution is 8.15. The first-order valence-corrected chi connectivity index (χ1v) is 4.98. The highest BCUT2D eigenvalue weighted by Gasteiger charge is 2.30. The number of thioether (sulfide) groups is 1. The third kappa shape index (κ3) is 2.33. The molecule has 0 bridgehead atoms. The van der Waals surface area contributed by atoms with Gasteiger partial charge in [-0.2, -0.15) is 5.26 Å². The van der Waals surface area contributed by atoms with Gasteiger partial charge >= 0.3 is 5.97 Å². The number of nitriles is 1. The maximum absolute atomic E-state index is 11.2. The van der Waals surface area contributed by atoms with E-state index in [0.29, 0.717) is 0 Å². The molecule has 0 aromatic rings. The molecule has 1 unspecified atom stereocenters. The van der Waals surface area contributed by atoms with Gasteiger partial charge in [0.05, 0.1) is 18.4 Å². The van der Waals surface area contributed by atoms with Crippen molar-refractivity contribution in [2.45, 2.75) is 6.92 Å². The average molecular weight is 212 g/mol. The lowest BCUT2D eigenvalue weighted by Crippen LogP contribution is -2.22. The van der Waals surface area contributed by atoms with Gasteiger partial charge in [0.25, 0.3) is 5.91 Å². The van der Waals surface area contributed by atoms with Gasteiger partial charge in [-0.1, -0.05) is 11.8 Å². The summed E-state index contributed by atoms with van der Waals surface area (Å²) in [5, 5.41) is 8.96. The predicted molar refractivity (Wildman–Crippen MR) is 50.6 cm³/mol.